The van der Waals surface area contributed by atoms with Crippen molar-refractivity contribution in [2.24, 2.45) is 0 Å². The molecule has 4 heteroatoms. The Morgan fingerprint density at radius 3 is 2.10 bits per heavy atom. The van der Waals surface area contributed by atoms with Gasteiger partial charge in [-0.2, -0.15) is 0 Å². The summed E-state index contributed by atoms with van der Waals surface area (Å²) in [6.45, 7) is 0. The molecule has 21 heavy (non-hydrogen) atoms. The van der Waals surface area contributed by atoms with Gasteiger partial charge in [-0.1, -0.05) is 46.3 Å². The lowest BCUT2D eigenvalue weighted by Crippen LogP contribution is -2.02. The van der Waals surface area contributed by atoms with Crippen molar-refractivity contribution in [2.75, 3.05) is 7.11 Å². The number of esters is 1. The van der Waals surface area contributed by atoms with Gasteiger partial charge >= 0.3 is 5.97 Å². The maximum Gasteiger partial charge on any atom is 0.337 e. The van der Waals surface area contributed by atoms with E-state index in [1.54, 1.807) is 30.3 Å². The van der Waals surface area contributed by atoms with Gasteiger partial charge in [0.2, 0.25) is 0 Å². The SMILES string of the molecule is COC(=O)c1ccc(C(=O)/C=C/c2ccc(Br)cc2)cc1. The Bertz CT molecular complexity index is 670. The normalized spacial score (nSPS) is 10.6. The van der Waals surface area contributed by atoms with Crippen LogP contribution in [0.15, 0.2) is 59.1 Å². The third-order valence-electron chi connectivity index (χ3n) is 2.89. The number of halogens is 1. The van der Waals surface area contributed by atoms with Gasteiger partial charge in [0, 0.05) is 10.0 Å². The molecule has 0 atom stereocenters. The Morgan fingerprint density at radius 2 is 1.52 bits per heavy atom. The Kier molecular flexibility index (Phi) is 5.06. The predicted molar refractivity (Wildman–Crippen MR) is 85.3 cm³/mol. The molecule has 0 spiro atoms. The number of hydrogen-bond donors (Lipinski definition) is 0. The van der Waals surface area contributed by atoms with Crippen molar-refractivity contribution in [1.29, 1.82) is 0 Å². The van der Waals surface area contributed by atoms with E-state index in [0.717, 1.165) is 10.0 Å². The van der Waals surface area contributed by atoms with Crippen LogP contribution in [0.3, 0.4) is 0 Å². The minimum absolute atomic E-state index is 0.116. The molecule has 0 N–H and O–H groups in total. The zero-order valence-electron chi connectivity index (χ0n) is 11.4. The van der Waals surface area contributed by atoms with Crippen LogP contribution < -0.4 is 0 Å². The van der Waals surface area contributed by atoms with Crippen molar-refractivity contribution in [2.45, 2.75) is 0 Å². The summed E-state index contributed by atoms with van der Waals surface area (Å²) in [6, 6.07) is 14.0. The molecule has 106 valence electrons. The van der Waals surface area contributed by atoms with Crippen LogP contribution in [0.25, 0.3) is 6.08 Å². The number of carbonyl (C=O) groups is 2. The second-order valence-corrected chi connectivity index (χ2v) is 5.23. The third kappa shape index (κ3) is 4.13. The summed E-state index contributed by atoms with van der Waals surface area (Å²) in [4.78, 5) is 23.3. The van der Waals surface area contributed by atoms with Crippen LogP contribution in [0.1, 0.15) is 26.3 Å². The summed E-state index contributed by atoms with van der Waals surface area (Å²) in [6.07, 6.45) is 3.26. The van der Waals surface area contributed by atoms with E-state index in [-0.39, 0.29) is 5.78 Å². The highest BCUT2D eigenvalue weighted by Crippen LogP contribution is 2.12. The molecule has 0 radical (unpaired) electrons. The van der Waals surface area contributed by atoms with E-state index in [1.807, 2.05) is 24.3 Å². The molecule has 0 fully saturated rings. The van der Waals surface area contributed by atoms with Crippen molar-refractivity contribution >= 4 is 33.8 Å². The van der Waals surface area contributed by atoms with E-state index >= 15 is 0 Å². The van der Waals surface area contributed by atoms with Gasteiger partial charge in [0.05, 0.1) is 12.7 Å². The molecule has 0 aliphatic rings. The smallest absolute Gasteiger partial charge is 0.337 e. The summed E-state index contributed by atoms with van der Waals surface area (Å²) >= 11 is 3.36. The number of rotatable bonds is 4. The van der Waals surface area contributed by atoms with Gasteiger partial charge in [-0.05, 0) is 35.9 Å². The quantitative estimate of drug-likeness (QED) is 0.475. The van der Waals surface area contributed by atoms with Crippen LogP contribution >= 0.6 is 15.9 Å². The molecule has 0 aliphatic heterocycles. The Labute approximate surface area is 131 Å². The van der Waals surface area contributed by atoms with Crippen LogP contribution in [-0.2, 0) is 4.74 Å². The lowest BCUT2D eigenvalue weighted by atomic mass is 10.1. The van der Waals surface area contributed by atoms with Gasteiger partial charge in [-0.3, -0.25) is 4.79 Å². The van der Waals surface area contributed by atoms with Crippen molar-refractivity contribution in [3.05, 3.63) is 75.8 Å². The Balaban J connectivity index is 2.09. The number of ketones is 1. The third-order valence-corrected chi connectivity index (χ3v) is 3.42. The highest BCUT2D eigenvalue weighted by molar-refractivity contribution is 9.10. The summed E-state index contributed by atoms with van der Waals surface area (Å²) in [5.74, 6) is -0.534. The molecule has 0 heterocycles. The number of benzene rings is 2. The molecule has 0 aliphatic carbocycles. The molecular weight excluding hydrogens is 332 g/mol. The number of hydrogen-bond acceptors (Lipinski definition) is 3. The maximum atomic E-state index is 12.0. The van der Waals surface area contributed by atoms with E-state index < -0.39 is 5.97 Å². The monoisotopic (exact) mass is 344 g/mol. The predicted octanol–water partition coefficient (Wildman–Crippen LogP) is 4.13. The van der Waals surface area contributed by atoms with Crippen LogP contribution in [0.5, 0.6) is 0 Å². The first-order chi connectivity index (χ1) is 10.1. The van der Waals surface area contributed by atoms with E-state index in [9.17, 15) is 9.59 Å². The molecule has 0 unspecified atom stereocenters. The van der Waals surface area contributed by atoms with Crippen molar-refractivity contribution < 1.29 is 14.3 Å². The average Bonchev–Trinajstić information content (AvgIpc) is 2.53. The molecule has 0 aromatic heterocycles. The van der Waals surface area contributed by atoms with Crippen molar-refractivity contribution in [3.63, 3.8) is 0 Å². The van der Waals surface area contributed by atoms with Crippen molar-refractivity contribution in [3.8, 4) is 0 Å². The summed E-state index contributed by atoms with van der Waals surface area (Å²) in [5.41, 5.74) is 1.89. The van der Waals surface area contributed by atoms with E-state index in [1.165, 1.54) is 13.2 Å². The minimum atomic E-state index is -0.417. The summed E-state index contributed by atoms with van der Waals surface area (Å²) in [5, 5.41) is 0. The zero-order valence-corrected chi connectivity index (χ0v) is 13.0. The van der Waals surface area contributed by atoms with Gasteiger partial charge in [-0.25, -0.2) is 4.79 Å². The number of methoxy groups -OCH3 is 1. The first kappa shape index (κ1) is 15.2. The molecule has 0 saturated carbocycles. The van der Waals surface area contributed by atoms with Crippen LogP contribution in [0.2, 0.25) is 0 Å². The zero-order chi connectivity index (χ0) is 15.2. The first-order valence-corrected chi connectivity index (χ1v) is 7.06. The maximum absolute atomic E-state index is 12.0. The molecule has 0 saturated heterocycles. The standard InChI is InChI=1S/C17H13BrO3/c1-21-17(20)14-7-5-13(6-8-14)16(19)11-4-12-2-9-15(18)10-3-12/h2-11H,1H3/b11-4+. The minimum Gasteiger partial charge on any atom is -0.465 e. The molecule has 0 amide bonds. The molecule has 2 rings (SSSR count). The van der Waals surface area contributed by atoms with Crippen LogP contribution in [-0.4, -0.2) is 18.9 Å². The van der Waals surface area contributed by atoms with E-state index in [0.29, 0.717) is 11.1 Å². The van der Waals surface area contributed by atoms with Gasteiger partial charge in [0.1, 0.15) is 0 Å². The fraction of sp³-hybridized carbons (Fsp3) is 0.0588. The fourth-order valence-electron chi connectivity index (χ4n) is 1.73. The van der Waals surface area contributed by atoms with E-state index in [2.05, 4.69) is 20.7 Å². The highest BCUT2D eigenvalue weighted by atomic mass is 79.9. The van der Waals surface area contributed by atoms with Gasteiger partial charge in [-0.15, -0.1) is 0 Å². The lowest BCUT2D eigenvalue weighted by molar-refractivity contribution is 0.0600. The fourth-order valence-corrected chi connectivity index (χ4v) is 1.99. The molecular formula is C17H13BrO3. The molecule has 3 nitrogen and oxygen atoms in total. The largest absolute Gasteiger partial charge is 0.465 e. The lowest BCUT2D eigenvalue weighted by Gasteiger charge is -2.00. The number of allylic oxidation sites excluding steroid dienone is 1. The molecule has 2 aromatic rings. The topological polar surface area (TPSA) is 43.4 Å². The second-order valence-electron chi connectivity index (χ2n) is 4.32. The number of carbonyl (C=O) groups excluding carboxylic acids is 2. The first-order valence-electron chi connectivity index (χ1n) is 6.26. The van der Waals surface area contributed by atoms with Crippen LogP contribution in [0, 0.1) is 0 Å². The molecule has 0 bridgehead atoms. The Hall–Kier alpha value is -2.20. The summed E-state index contributed by atoms with van der Waals surface area (Å²) in [7, 11) is 1.32. The van der Waals surface area contributed by atoms with Gasteiger partial charge in [0.25, 0.3) is 0 Å². The van der Waals surface area contributed by atoms with E-state index in [4.69, 9.17) is 0 Å². The average molecular weight is 345 g/mol. The number of ether oxygens (including phenoxy) is 1. The summed E-state index contributed by atoms with van der Waals surface area (Å²) < 4.78 is 5.60. The second kappa shape index (κ2) is 6.99. The van der Waals surface area contributed by atoms with Gasteiger partial charge in [0.15, 0.2) is 5.78 Å². The van der Waals surface area contributed by atoms with Crippen LogP contribution in [0.4, 0.5) is 0 Å². The van der Waals surface area contributed by atoms with Gasteiger partial charge < -0.3 is 4.74 Å². The Morgan fingerprint density at radius 1 is 0.952 bits per heavy atom. The van der Waals surface area contributed by atoms with Crippen molar-refractivity contribution in [1.82, 2.24) is 0 Å². The molecule has 2 aromatic carbocycles. The highest BCUT2D eigenvalue weighted by Gasteiger charge is 2.06.